The Balaban J connectivity index is 2.41. The second kappa shape index (κ2) is 10.6. The van der Waals surface area contributed by atoms with Crippen molar-refractivity contribution in [2.45, 2.75) is 26.8 Å². The third kappa shape index (κ3) is 8.95. The third-order valence-electron chi connectivity index (χ3n) is 3.30. The molecule has 0 saturated heterocycles. The van der Waals surface area contributed by atoms with Gasteiger partial charge in [0.15, 0.2) is 0 Å². The number of hydrogen-bond acceptors (Lipinski definition) is 3. The van der Waals surface area contributed by atoms with Crippen LogP contribution >= 0.6 is 11.6 Å². The molecule has 0 aliphatic rings. The molecule has 0 unspecified atom stereocenters. The van der Waals surface area contributed by atoms with Crippen LogP contribution in [0.4, 0.5) is 4.79 Å². The molecule has 1 rings (SSSR count). The average molecular weight is 370 g/mol. The van der Waals surface area contributed by atoms with E-state index in [1.165, 1.54) is 4.90 Å². The molecule has 7 nitrogen and oxygen atoms in total. The van der Waals surface area contributed by atoms with Gasteiger partial charge in [0.1, 0.15) is 0 Å². The van der Waals surface area contributed by atoms with Crippen molar-refractivity contribution in [2.24, 2.45) is 5.92 Å². The number of benzene rings is 1. The summed E-state index contributed by atoms with van der Waals surface area (Å²) in [5.74, 6) is -1.07. The average Bonchev–Trinajstić information content (AvgIpc) is 2.55. The van der Waals surface area contributed by atoms with Gasteiger partial charge in [0.25, 0.3) is 0 Å². The fourth-order valence-electron chi connectivity index (χ4n) is 2.10. The van der Waals surface area contributed by atoms with Gasteiger partial charge in [-0.25, -0.2) is 4.79 Å². The van der Waals surface area contributed by atoms with Gasteiger partial charge in [-0.1, -0.05) is 37.6 Å². The van der Waals surface area contributed by atoms with Crippen molar-refractivity contribution in [3.05, 3.63) is 34.9 Å². The summed E-state index contributed by atoms with van der Waals surface area (Å²) in [4.78, 5) is 36.1. The fourth-order valence-corrected chi connectivity index (χ4v) is 2.23. The quantitative estimate of drug-likeness (QED) is 0.620. The van der Waals surface area contributed by atoms with E-state index in [2.05, 4.69) is 10.6 Å². The van der Waals surface area contributed by atoms with Crippen molar-refractivity contribution in [1.29, 1.82) is 0 Å². The highest BCUT2D eigenvalue weighted by atomic mass is 35.5. The Labute approximate surface area is 152 Å². The summed E-state index contributed by atoms with van der Waals surface area (Å²) in [5, 5.41) is 14.5. The number of carbonyl (C=O) groups excluding carboxylic acids is 2. The number of nitrogens with zero attached hydrogens (tertiary/aromatic N) is 1. The van der Waals surface area contributed by atoms with Crippen LogP contribution in [0.1, 0.15) is 25.8 Å². The number of carboxylic acids is 1. The number of urea groups is 1. The van der Waals surface area contributed by atoms with E-state index in [0.29, 0.717) is 18.1 Å². The van der Waals surface area contributed by atoms with Gasteiger partial charge in [-0.05, 0) is 23.6 Å². The van der Waals surface area contributed by atoms with Gasteiger partial charge in [-0.3, -0.25) is 9.59 Å². The molecule has 1 aromatic rings. The van der Waals surface area contributed by atoms with Gasteiger partial charge < -0.3 is 20.6 Å². The SMILES string of the molecule is CC(C)CN(CCC(=O)O)C(=O)CNC(=O)NCc1ccc(Cl)cc1. The topological polar surface area (TPSA) is 98.7 Å². The Morgan fingerprint density at radius 3 is 2.36 bits per heavy atom. The fraction of sp³-hybridized carbons (Fsp3) is 0.471. The minimum atomic E-state index is -0.963. The summed E-state index contributed by atoms with van der Waals surface area (Å²) in [6.07, 6.45) is -0.124. The van der Waals surface area contributed by atoms with Crippen molar-refractivity contribution >= 4 is 29.5 Å². The van der Waals surface area contributed by atoms with Gasteiger partial charge >= 0.3 is 12.0 Å². The highest BCUT2D eigenvalue weighted by Gasteiger charge is 2.16. The van der Waals surface area contributed by atoms with Crippen LogP contribution < -0.4 is 10.6 Å². The maximum Gasteiger partial charge on any atom is 0.315 e. The number of halogens is 1. The van der Waals surface area contributed by atoms with E-state index in [-0.39, 0.29) is 31.3 Å². The van der Waals surface area contributed by atoms with Crippen molar-refractivity contribution in [1.82, 2.24) is 15.5 Å². The smallest absolute Gasteiger partial charge is 0.315 e. The zero-order chi connectivity index (χ0) is 18.8. The van der Waals surface area contributed by atoms with Crippen LogP contribution in [-0.2, 0) is 16.1 Å². The first-order valence-corrected chi connectivity index (χ1v) is 8.41. The van der Waals surface area contributed by atoms with E-state index in [4.69, 9.17) is 16.7 Å². The molecule has 25 heavy (non-hydrogen) atoms. The Morgan fingerprint density at radius 2 is 1.80 bits per heavy atom. The zero-order valence-electron chi connectivity index (χ0n) is 14.4. The van der Waals surface area contributed by atoms with Gasteiger partial charge in [-0.2, -0.15) is 0 Å². The molecule has 0 atom stereocenters. The molecule has 0 spiro atoms. The lowest BCUT2D eigenvalue weighted by atomic mass is 10.2. The van der Waals surface area contributed by atoms with Gasteiger partial charge in [-0.15, -0.1) is 0 Å². The Kier molecular flexibility index (Phi) is 8.77. The summed E-state index contributed by atoms with van der Waals surface area (Å²) < 4.78 is 0. The maximum absolute atomic E-state index is 12.2. The molecule has 138 valence electrons. The Bertz CT molecular complexity index is 590. The normalized spacial score (nSPS) is 10.4. The summed E-state index contributed by atoms with van der Waals surface area (Å²) in [6.45, 7) is 4.58. The number of amides is 3. The van der Waals surface area contributed by atoms with Crippen LogP contribution in [0.5, 0.6) is 0 Å². The lowest BCUT2D eigenvalue weighted by Gasteiger charge is -2.24. The van der Waals surface area contributed by atoms with Crippen LogP contribution in [0.25, 0.3) is 0 Å². The number of nitrogens with one attached hydrogen (secondary N) is 2. The Hall–Kier alpha value is -2.28. The number of hydrogen-bond donors (Lipinski definition) is 3. The third-order valence-corrected chi connectivity index (χ3v) is 3.55. The van der Waals surface area contributed by atoms with Crippen LogP contribution in [-0.4, -0.2) is 47.5 Å². The van der Waals surface area contributed by atoms with Crippen molar-refractivity contribution in [3.8, 4) is 0 Å². The summed E-state index contributed by atoms with van der Waals surface area (Å²) in [6, 6.07) is 6.58. The molecule has 3 amide bonds. The monoisotopic (exact) mass is 369 g/mol. The summed E-state index contributed by atoms with van der Waals surface area (Å²) >= 11 is 5.79. The second-order valence-corrected chi connectivity index (χ2v) is 6.48. The minimum Gasteiger partial charge on any atom is -0.481 e. The van der Waals surface area contributed by atoms with Gasteiger partial charge in [0.05, 0.1) is 13.0 Å². The van der Waals surface area contributed by atoms with Gasteiger partial charge in [0.2, 0.25) is 5.91 Å². The molecule has 0 saturated carbocycles. The summed E-state index contributed by atoms with van der Waals surface area (Å²) in [7, 11) is 0. The predicted octanol–water partition coefficient (Wildman–Crippen LogP) is 2.10. The van der Waals surface area contributed by atoms with Crippen molar-refractivity contribution < 1.29 is 19.5 Å². The van der Waals surface area contributed by atoms with E-state index in [1.807, 2.05) is 13.8 Å². The minimum absolute atomic E-state index is 0.124. The van der Waals surface area contributed by atoms with E-state index >= 15 is 0 Å². The van der Waals surface area contributed by atoms with Crippen molar-refractivity contribution in [3.63, 3.8) is 0 Å². The highest BCUT2D eigenvalue weighted by molar-refractivity contribution is 6.30. The van der Waals surface area contributed by atoms with Crippen LogP contribution in [0.2, 0.25) is 5.02 Å². The van der Waals surface area contributed by atoms with Crippen LogP contribution in [0.15, 0.2) is 24.3 Å². The molecule has 0 aromatic heterocycles. The maximum atomic E-state index is 12.2. The predicted molar refractivity (Wildman–Crippen MR) is 95.4 cm³/mol. The number of carbonyl (C=O) groups is 3. The lowest BCUT2D eigenvalue weighted by molar-refractivity contribution is -0.138. The van der Waals surface area contributed by atoms with E-state index in [1.54, 1.807) is 24.3 Å². The molecule has 0 aliphatic heterocycles. The number of aliphatic carboxylic acids is 1. The first kappa shape index (κ1) is 20.8. The lowest BCUT2D eigenvalue weighted by Crippen LogP contribution is -2.45. The molecule has 0 aliphatic carbocycles. The molecule has 0 fully saturated rings. The van der Waals surface area contributed by atoms with Crippen molar-refractivity contribution in [2.75, 3.05) is 19.6 Å². The largest absolute Gasteiger partial charge is 0.481 e. The number of carboxylic acid groups (broad SMARTS) is 1. The molecule has 1 aromatic carbocycles. The molecular weight excluding hydrogens is 346 g/mol. The standard InChI is InChI=1S/C17H24ClN3O4/c1-12(2)11-21(8-7-16(23)24)15(22)10-20-17(25)19-9-13-3-5-14(18)6-4-13/h3-6,12H,7-11H2,1-2H3,(H,23,24)(H2,19,20,25). The molecule has 0 radical (unpaired) electrons. The molecule has 0 bridgehead atoms. The molecular formula is C17H24ClN3O4. The van der Waals surface area contributed by atoms with E-state index in [0.717, 1.165) is 5.56 Å². The van der Waals surface area contributed by atoms with Gasteiger partial charge in [0, 0.05) is 24.7 Å². The number of rotatable bonds is 9. The molecule has 8 heteroatoms. The first-order valence-electron chi connectivity index (χ1n) is 8.03. The van der Waals surface area contributed by atoms with Crippen LogP contribution in [0, 0.1) is 5.92 Å². The first-order chi connectivity index (χ1) is 11.8. The zero-order valence-corrected chi connectivity index (χ0v) is 15.2. The molecule has 3 N–H and O–H groups in total. The summed E-state index contributed by atoms with van der Waals surface area (Å²) in [5.41, 5.74) is 0.883. The van der Waals surface area contributed by atoms with E-state index in [9.17, 15) is 14.4 Å². The van der Waals surface area contributed by atoms with Crippen LogP contribution in [0.3, 0.4) is 0 Å². The van der Waals surface area contributed by atoms with E-state index < -0.39 is 12.0 Å². The second-order valence-electron chi connectivity index (χ2n) is 6.04. The highest BCUT2D eigenvalue weighted by Crippen LogP contribution is 2.09. The molecule has 0 heterocycles. The Morgan fingerprint density at radius 1 is 1.16 bits per heavy atom.